The zero-order chi connectivity index (χ0) is 14.3. The molecular weight excluding hydrogens is 268 g/mol. The van der Waals surface area contributed by atoms with Crippen LogP contribution in [0, 0.1) is 5.92 Å². The van der Waals surface area contributed by atoms with Crippen molar-refractivity contribution < 1.29 is 13.6 Å². The van der Waals surface area contributed by atoms with Gasteiger partial charge in [0.2, 0.25) is 10.0 Å². The maximum atomic E-state index is 11.7. The standard InChI is InChI=1S/C11H18N4O3S/c1-9(11(12)15-16)8-14-19(17,18)7-5-10-4-2-3-6-13-10/h2-4,6,9,14,16H,5,7-8H2,1H3,(H2,12,15). The number of nitrogens with one attached hydrogen (secondary N) is 1. The summed E-state index contributed by atoms with van der Waals surface area (Å²) in [6.45, 7) is 1.76. The summed E-state index contributed by atoms with van der Waals surface area (Å²) < 4.78 is 25.9. The van der Waals surface area contributed by atoms with Gasteiger partial charge in [-0.05, 0) is 12.1 Å². The molecular formula is C11H18N4O3S. The van der Waals surface area contributed by atoms with E-state index in [-0.39, 0.29) is 24.1 Å². The molecule has 0 fully saturated rings. The minimum absolute atomic E-state index is 0.00701. The Morgan fingerprint density at radius 3 is 2.89 bits per heavy atom. The number of oxime groups is 1. The van der Waals surface area contributed by atoms with Crippen LogP contribution in [0.25, 0.3) is 0 Å². The zero-order valence-corrected chi connectivity index (χ0v) is 11.5. The first-order chi connectivity index (χ1) is 8.94. The summed E-state index contributed by atoms with van der Waals surface area (Å²) >= 11 is 0. The summed E-state index contributed by atoms with van der Waals surface area (Å²) in [5.41, 5.74) is 6.09. The number of sulfonamides is 1. The van der Waals surface area contributed by atoms with E-state index < -0.39 is 10.0 Å². The second kappa shape index (κ2) is 7.05. The molecule has 1 heterocycles. The molecule has 1 aromatic rings. The molecule has 0 radical (unpaired) electrons. The highest BCUT2D eigenvalue weighted by Crippen LogP contribution is 1.99. The van der Waals surface area contributed by atoms with Crippen molar-refractivity contribution in [2.24, 2.45) is 16.8 Å². The summed E-state index contributed by atoms with van der Waals surface area (Å²) in [4.78, 5) is 4.05. The van der Waals surface area contributed by atoms with Crippen molar-refractivity contribution in [3.05, 3.63) is 30.1 Å². The summed E-state index contributed by atoms with van der Waals surface area (Å²) in [6, 6.07) is 5.35. The van der Waals surface area contributed by atoms with Gasteiger partial charge in [0, 0.05) is 30.8 Å². The largest absolute Gasteiger partial charge is 0.409 e. The van der Waals surface area contributed by atoms with Crippen molar-refractivity contribution in [1.29, 1.82) is 0 Å². The number of amidine groups is 1. The normalized spacial score (nSPS) is 14.3. The monoisotopic (exact) mass is 286 g/mol. The summed E-state index contributed by atoms with van der Waals surface area (Å²) in [5.74, 6) is -0.422. The molecule has 0 saturated heterocycles. The summed E-state index contributed by atoms with van der Waals surface area (Å²) in [5, 5.41) is 11.3. The Morgan fingerprint density at radius 1 is 1.58 bits per heavy atom. The minimum atomic E-state index is -3.40. The fourth-order valence-corrected chi connectivity index (χ4v) is 2.44. The molecule has 1 rings (SSSR count). The summed E-state index contributed by atoms with van der Waals surface area (Å²) in [6.07, 6.45) is 1.96. The third-order valence-corrected chi connectivity index (χ3v) is 3.93. The molecule has 0 aliphatic heterocycles. The van der Waals surface area contributed by atoms with E-state index in [4.69, 9.17) is 10.9 Å². The van der Waals surface area contributed by atoms with Crippen LogP contribution >= 0.6 is 0 Å². The van der Waals surface area contributed by atoms with Crippen LogP contribution < -0.4 is 10.5 Å². The Labute approximate surface area is 112 Å². The molecule has 19 heavy (non-hydrogen) atoms. The van der Waals surface area contributed by atoms with Gasteiger partial charge in [-0.25, -0.2) is 13.1 Å². The molecule has 7 nitrogen and oxygen atoms in total. The number of pyridine rings is 1. The average molecular weight is 286 g/mol. The molecule has 8 heteroatoms. The summed E-state index contributed by atoms with van der Waals surface area (Å²) in [7, 11) is -3.40. The highest BCUT2D eigenvalue weighted by Gasteiger charge is 2.14. The number of hydrogen-bond donors (Lipinski definition) is 3. The fourth-order valence-electron chi connectivity index (χ4n) is 1.31. The number of nitrogens with zero attached hydrogens (tertiary/aromatic N) is 2. The van der Waals surface area contributed by atoms with Gasteiger partial charge in [0.05, 0.1) is 5.75 Å². The van der Waals surface area contributed by atoms with Crippen LogP contribution in [-0.2, 0) is 16.4 Å². The van der Waals surface area contributed by atoms with E-state index in [1.807, 2.05) is 6.07 Å². The third kappa shape index (κ3) is 5.66. The van der Waals surface area contributed by atoms with Crippen molar-refractivity contribution >= 4 is 15.9 Å². The highest BCUT2D eigenvalue weighted by molar-refractivity contribution is 7.89. The lowest BCUT2D eigenvalue weighted by Gasteiger charge is -2.11. The topological polar surface area (TPSA) is 118 Å². The molecule has 0 aromatic carbocycles. The van der Waals surface area contributed by atoms with E-state index in [0.717, 1.165) is 5.69 Å². The lowest BCUT2D eigenvalue weighted by atomic mass is 10.2. The zero-order valence-electron chi connectivity index (χ0n) is 10.7. The van der Waals surface area contributed by atoms with Gasteiger partial charge in [-0.15, -0.1) is 0 Å². The van der Waals surface area contributed by atoms with Gasteiger partial charge in [0.25, 0.3) is 0 Å². The maximum Gasteiger partial charge on any atom is 0.211 e. The van der Waals surface area contributed by atoms with Crippen LogP contribution in [-0.4, -0.2) is 36.7 Å². The smallest absolute Gasteiger partial charge is 0.211 e. The van der Waals surface area contributed by atoms with E-state index >= 15 is 0 Å². The van der Waals surface area contributed by atoms with Crippen LogP contribution in [0.15, 0.2) is 29.6 Å². The Hall–Kier alpha value is -1.67. The molecule has 0 saturated carbocycles. The van der Waals surface area contributed by atoms with E-state index in [0.29, 0.717) is 6.42 Å². The van der Waals surface area contributed by atoms with Crippen LogP contribution in [0.2, 0.25) is 0 Å². The average Bonchev–Trinajstić information content (AvgIpc) is 2.43. The Bertz CT molecular complexity index is 516. The highest BCUT2D eigenvalue weighted by atomic mass is 32.2. The molecule has 0 bridgehead atoms. The van der Waals surface area contributed by atoms with E-state index in [2.05, 4.69) is 14.9 Å². The minimum Gasteiger partial charge on any atom is -0.409 e. The second-order valence-corrected chi connectivity index (χ2v) is 6.09. The molecule has 1 atom stereocenters. The van der Waals surface area contributed by atoms with Crippen LogP contribution in [0.5, 0.6) is 0 Å². The molecule has 106 valence electrons. The van der Waals surface area contributed by atoms with Crippen molar-refractivity contribution in [1.82, 2.24) is 9.71 Å². The quantitative estimate of drug-likeness (QED) is 0.280. The van der Waals surface area contributed by atoms with Crippen LogP contribution in [0.3, 0.4) is 0 Å². The first kappa shape index (κ1) is 15.4. The van der Waals surface area contributed by atoms with Crippen LogP contribution in [0.4, 0.5) is 0 Å². The molecule has 0 amide bonds. The first-order valence-electron chi connectivity index (χ1n) is 5.79. The Kier molecular flexibility index (Phi) is 5.71. The number of aromatic nitrogens is 1. The fraction of sp³-hybridized carbons (Fsp3) is 0.455. The van der Waals surface area contributed by atoms with E-state index in [1.54, 1.807) is 25.3 Å². The van der Waals surface area contributed by atoms with Gasteiger partial charge in [0.15, 0.2) is 0 Å². The number of nitrogens with two attached hydrogens (primary N) is 1. The lowest BCUT2D eigenvalue weighted by Crippen LogP contribution is -2.36. The van der Waals surface area contributed by atoms with E-state index in [9.17, 15) is 8.42 Å². The molecule has 1 aromatic heterocycles. The van der Waals surface area contributed by atoms with Crippen LogP contribution in [0.1, 0.15) is 12.6 Å². The number of rotatable bonds is 7. The van der Waals surface area contributed by atoms with E-state index in [1.165, 1.54) is 0 Å². The van der Waals surface area contributed by atoms with Gasteiger partial charge in [-0.2, -0.15) is 0 Å². The molecule has 0 aliphatic rings. The van der Waals surface area contributed by atoms with Crippen molar-refractivity contribution in [2.75, 3.05) is 12.3 Å². The van der Waals surface area contributed by atoms with Gasteiger partial charge in [-0.1, -0.05) is 18.1 Å². The molecule has 4 N–H and O–H groups in total. The van der Waals surface area contributed by atoms with Crippen molar-refractivity contribution in [3.8, 4) is 0 Å². The van der Waals surface area contributed by atoms with Gasteiger partial charge < -0.3 is 10.9 Å². The first-order valence-corrected chi connectivity index (χ1v) is 7.44. The van der Waals surface area contributed by atoms with Gasteiger partial charge in [0.1, 0.15) is 5.84 Å². The van der Waals surface area contributed by atoms with Crippen molar-refractivity contribution in [3.63, 3.8) is 0 Å². The SMILES string of the molecule is CC(CNS(=O)(=O)CCc1ccccn1)C(N)=NO. The predicted molar refractivity (Wildman–Crippen MR) is 72.3 cm³/mol. The second-order valence-electron chi connectivity index (χ2n) is 4.16. The Morgan fingerprint density at radius 2 is 2.32 bits per heavy atom. The molecule has 1 unspecified atom stereocenters. The predicted octanol–water partition coefficient (Wildman–Crippen LogP) is -0.0740. The molecule has 0 aliphatic carbocycles. The number of aryl methyl sites for hydroxylation is 1. The lowest BCUT2D eigenvalue weighted by molar-refractivity contribution is 0.314. The Balaban J connectivity index is 2.45. The van der Waals surface area contributed by atoms with Crippen molar-refractivity contribution in [2.45, 2.75) is 13.3 Å². The van der Waals surface area contributed by atoms with Gasteiger partial charge in [-0.3, -0.25) is 4.98 Å². The maximum absolute atomic E-state index is 11.7. The van der Waals surface area contributed by atoms with Gasteiger partial charge >= 0.3 is 0 Å². The molecule has 0 spiro atoms. The third-order valence-electron chi connectivity index (χ3n) is 2.58. The number of hydrogen-bond acceptors (Lipinski definition) is 5.